The Bertz CT molecular complexity index is 620. The van der Waals surface area contributed by atoms with Crippen molar-refractivity contribution >= 4 is 18.3 Å². The lowest BCUT2D eigenvalue weighted by molar-refractivity contribution is -0.0714. The van der Waals surface area contributed by atoms with Crippen LogP contribution in [0.1, 0.15) is 68.4 Å². The maximum atomic E-state index is 12.8. The Morgan fingerprint density at radius 2 is 2.07 bits per heavy atom. The van der Waals surface area contributed by atoms with Gasteiger partial charge in [-0.05, 0) is 38.5 Å². The Morgan fingerprint density at radius 1 is 1.37 bits per heavy atom. The molecule has 2 aliphatic rings. The Kier molecular flexibility index (Phi) is 7.62. The van der Waals surface area contributed by atoms with E-state index in [0.717, 1.165) is 38.5 Å². The number of likely N-dealkylation sites (tertiary alicyclic amines) is 1. The van der Waals surface area contributed by atoms with E-state index in [0.29, 0.717) is 18.7 Å². The predicted octanol–water partition coefficient (Wildman–Crippen LogP) is 1.13. The number of carbonyl (C=O) groups is 1. The number of halogens is 1. The van der Waals surface area contributed by atoms with Crippen molar-refractivity contribution in [3.8, 4) is 0 Å². The summed E-state index contributed by atoms with van der Waals surface area (Å²) in [5, 5.41) is 28.5. The number of carbonyl (C=O) groups excluding carboxylic acids is 1. The summed E-state index contributed by atoms with van der Waals surface area (Å²) in [5.74, 6) is -0.203. The molecule has 2 fully saturated rings. The molecular weight excluding hydrogens is 370 g/mol. The third-order valence-electron chi connectivity index (χ3n) is 6.17. The molecule has 0 aromatic carbocycles. The average Bonchev–Trinajstić information content (AvgIpc) is 3.13. The summed E-state index contributed by atoms with van der Waals surface area (Å²) in [7, 11) is 0. The minimum atomic E-state index is -0.722. The molecule has 154 valence electrons. The number of piperidine rings is 1. The summed E-state index contributed by atoms with van der Waals surface area (Å²) in [6.45, 7) is 2.73. The second kappa shape index (κ2) is 9.32. The lowest BCUT2D eigenvalue weighted by atomic mass is 9.73. The van der Waals surface area contributed by atoms with E-state index < -0.39 is 11.5 Å². The highest BCUT2D eigenvalue weighted by Gasteiger charge is 2.42. The molecule has 27 heavy (non-hydrogen) atoms. The zero-order valence-corrected chi connectivity index (χ0v) is 16.8. The number of rotatable bonds is 5. The SMILES string of the molecule is CCC[C@]1(CO)CCN(C(=O)c2cn(C3CCC(N)CC3)nn2)C[C@H]1O.Cl. The largest absolute Gasteiger partial charge is 0.396 e. The van der Waals surface area contributed by atoms with Crippen LogP contribution >= 0.6 is 12.4 Å². The van der Waals surface area contributed by atoms with Crippen molar-refractivity contribution in [2.45, 2.75) is 70.1 Å². The molecule has 1 amide bonds. The van der Waals surface area contributed by atoms with Gasteiger partial charge in [0.2, 0.25) is 0 Å². The van der Waals surface area contributed by atoms with E-state index in [1.54, 1.807) is 15.8 Å². The summed E-state index contributed by atoms with van der Waals surface area (Å²) in [6.07, 6.45) is 7.08. The van der Waals surface area contributed by atoms with E-state index >= 15 is 0 Å². The fraction of sp³-hybridized carbons (Fsp3) is 0.833. The lowest BCUT2D eigenvalue weighted by Crippen LogP contribution is -2.54. The number of nitrogens with zero attached hydrogens (tertiary/aromatic N) is 4. The zero-order chi connectivity index (χ0) is 18.7. The van der Waals surface area contributed by atoms with Gasteiger partial charge in [-0.25, -0.2) is 4.68 Å². The van der Waals surface area contributed by atoms with Gasteiger partial charge in [0.05, 0.1) is 24.9 Å². The van der Waals surface area contributed by atoms with Crippen molar-refractivity contribution in [1.29, 1.82) is 0 Å². The Balaban J connectivity index is 0.00000261. The second-order valence-electron chi connectivity index (χ2n) is 7.94. The second-order valence-corrected chi connectivity index (χ2v) is 7.94. The molecular formula is C18H32ClN5O3. The Labute approximate surface area is 166 Å². The zero-order valence-electron chi connectivity index (χ0n) is 16.0. The molecule has 4 N–H and O–H groups in total. The first kappa shape index (κ1) is 22.1. The number of hydrogen-bond acceptors (Lipinski definition) is 6. The summed E-state index contributed by atoms with van der Waals surface area (Å²) < 4.78 is 1.79. The standard InChI is InChI=1S/C18H31N5O3.ClH/c1-2-7-18(12-24)8-9-22(11-16(18)25)17(26)15-10-23(21-20-15)14-5-3-13(19)4-6-14;/h10,13-14,16,24-25H,2-9,11-12,19H2,1H3;1H/t13?,14?,16-,18-;/m1./s1. The number of hydrogen-bond donors (Lipinski definition) is 3. The first-order chi connectivity index (χ1) is 12.5. The van der Waals surface area contributed by atoms with Crippen LogP contribution in [0.25, 0.3) is 0 Å². The molecule has 3 rings (SSSR count). The fourth-order valence-electron chi connectivity index (χ4n) is 4.34. The van der Waals surface area contributed by atoms with Gasteiger partial charge in [-0.15, -0.1) is 17.5 Å². The van der Waals surface area contributed by atoms with Gasteiger partial charge in [-0.3, -0.25) is 4.79 Å². The number of β-amino-alcohol motifs (C(OH)–C–C–N with tert-alkyl or cyclic N) is 1. The predicted molar refractivity (Wildman–Crippen MR) is 104 cm³/mol. The molecule has 0 radical (unpaired) electrons. The third kappa shape index (κ3) is 4.62. The fourth-order valence-corrected chi connectivity index (χ4v) is 4.34. The Morgan fingerprint density at radius 3 is 2.67 bits per heavy atom. The maximum Gasteiger partial charge on any atom is 0.276 e. The van der Waals surface area contributed by atoms with Gasteiger partial charge in [0.15, 0.2) is 5.69 Å². The van der Waals surface area contributed by atoms with E-state index in [9.17, 15) is 15.0 Å². The molecule has 0 spiro atoms. The molecule has 1 aliphatic heterocycles. The van der Waals surface area contributed by atoms with Gasteiger partial charge in [-0.1, -0.05) is 18.6 Å². The molecule has 0 bridgehead atoms. The van der Waals surface area contributed by atoms with E-state index in [2.05, 4.69) is 10.3 Å². The molecule has 1 saturated carbocycles. The van der Waals surface area contributed by atoms with Crippen LogP contribution in [0.15, 0.2) is 6.20 Å². The molecule has 2 heterocycles. The summed E-state index contributed by atoms with van der Waals surface area (Å²) in [4.78, 5) is 14.4. The van der Waals surface area contributed by atoms with Gasteiger partial charge in [0.25, 0.3) is 5.91 Å². The highest BCUT2D eigenvalue weighted by atomic mass is 35.5. The molecule has 1 aromatic heterocycles. The number of aliphatic hydroxyl groups excluding tert-OH is 2. The van der Waals surface area contributed by atoms with E-state index in [1.165, 1.54) is 0 Å². The third-order valence-corrected chi connectivity index (χ3v) is 6.17. The molecule has 8 nitrogen and oxygen atoms in total. The highest BCUT2D eigenvalue weighted by Crippen LogP contribution is 2.36. The highest BCUT2D eigenvalue weighted by molar-refractivity contribution is 5.92. The van der Waals surface area contributed by atoms with Crippen LogP contribution < -0.4 is 5.73 Å². The minimum Gasteiger partial charge on any atom is -0.396 e. The first-order valence-electron chi connectivity index (χ1n) is 9.74. The number of amides is 1. The molecule has 0 unspecified atom stereocenters. The molecule has 2 atom stereocenters. The van der Waals surface area contributed by atoms with Crippen molar-refractivity contribution in [2.75, 3.05) is 19.7 Å². The molecule has 1 aromatic rings. The van der Waals surface area contributed by atoms with Crippen molar-refractivity contribution in [3.63, 3.8) is 0 Å². The molecule has 1 saturated heterocycles. The summed E-state index contributed by atoms with van der Waals surface area (Å²) >= 11 is 0. The van der Waals surface area contributed by atoms with Gasteiger partial charge < -0.3 is 20.8 Å². The van der Waals surface area contributed by atoms with Crippen LogP contribution in [-0.4, -0.2) is 67.9 Å². The van der Waals surface area contributed by atoms with E-state index in [-0.39, 0.29) is 43.5 Å². The van der Waals surface area contributed by atoms with Gasteiger partial charge in [0, 0.05) is 24.5 Å². The van der Waals surface area contributed by atoms with E-state index in [4.69, 9.17) is 5.73 Å². The van der Waals surface area contributed by atoms with Gasteiger partial charge in [-0.2, -0.15) is 0 Å². The van der Waals surface area contributed by atoms with Crippen LogP contribution in [0.4, 0.5) is 0 Å². The summed E-state index contributed by atoms with van der Waals surface area (Å²) in [6, 6.07) is 0.517. The normalized spacial score (nSPS) is 31.4. The molecule has 1 aliphatic carbocycles. The van der Waals surface area contributed by atoms with Crippen LogP contribution in [-0.2, 0) is 0 Å². The van der Waals surface area contributed by atoms with Crippen molar-refractivity contribution in [2.24, 2.45) is 11.1 Å². The van der Waals surface area contributed by atoms with Crippen molar-refractivity contribution in [1.82, 2.24) is 19.9 Å². The molecule has 9 heteroatoms. The van der Waals surface area contributed by atoms with Crippen LogP contribution in [0, 0.1) is 5.41 Å². The number of aromatic nitrogens is 3. The van der Waals surface area contributed by atoms with Crippen molar-refractivity contribution in [3.05, 3.63) is 11.9 Å². The Hall–Kier alpha value is -1.22. The van der Waals surface area contributed by atoms with Crippen LogP contribution in [0.5, 0.6) is 0 Å². The minimum absolute atomic E-state index is 0. The smallest absolute Gasteiger partial charge is 0.276 e. The van der Waals surface area contributed by atoms with E-state index in [1.807, 2.05) is 6.92 Å². The monoisotopic (exact) mass is 401 g/mol. The lowest BCUT2D eigenvalue weighted by Gasteiger charge is -2.44. The summed E-state index contributed by atoms with van der Waals surface area (Å²) in [5.41, 5.74) is 5.77. The maximum absolute atomic E-state index is 12.8. The van der Waals surface area contributed by atoms with Crippen LogP contribution in [0.3, 0.4) is 0 Å². The van der Waals surface area contributed by atoms with Crippen molar-refractivity contribution < 1.29 is 15.0 Å². The number of aliphatic hydroxyl groups is 2. The first-order valence-corrected chi connectivity index (χ1v) is 9.74. The van der Waals surface area contributed by atoms with Crippen LogP contribution in [0.2, 0.25) is 0 Å². The average molecular weight is 402 g/mol. The topological polar surface area (TPSA) is 118 Å². The van der Waals surface area contributed by atoms with Gasteiger partial charge in [0.1, 0.15) is 0 Å². The number of nitrogens with two attached hydrogens (primary N) is 1. The quantitative estimate of drug-likeness (QED) is 0.680. The van der Waals surface area contributed by atoms with Gasteiger partial charge >= 0.3 is 0 Å².